The van der Waals surface area contributed by atoms with E-state index in [1.807, 2.05) is 0 Å². The van der Waals surface area contributed by atoms with Crippen LogP contribution >= 0.6 is 0 Å². The highest BCUT2D eigenvalue weighted by atomic mass is 16.3. The smallest absolute Gasteiger partial charge is 0.181 e. The Morgan fingerprint density at radius 3 is 2.21 bits per heavy atom. The molecule has 2 heteroatoms. The van der Waals surface area contributed by atoms with Crippen LogP contribution in [0.5, 0.6) is 0 Å². The summed E-state index contributed by atoms with van der Waals surface area (Å²) < 4.78 is 5.31. The second-order valence-corrected chi connectivity index (χ2v) is 3.64. The number of nitrogens with zero attached hydrogens (tertiary/aromatic N) is 1. The number of hydrogen-bond acceptors (Lipinski definition) is 2. The fourth-order valence-corrected chi connectivity index (χ4v) is 1.91. The number of oxazole rings is 1. The molecular weight excluding hydrogens is 174 g/mol. The van der Waals surface area contributed by atoms with Gasteiger partial charge in [-0.25, -0.2) is 4.98 Å². The predicted octanol–water partition coefficient (Wildman–Crippen LogP) is 3.27. The van der Waals surface area contributed by atoms with Crippen molar-refractivity contribution in [3.8, 4) is 11.3 Å². The highest BCUT2D eigenvalue weighted by Gasteiger charge is 2.08. The maximum atomic E-state index is 5.31. The maximum Gasteiger partial charge on any atom is 0.181 e. The van der Waals surface area contributed by atoms with Crippen LogP contribution in [0.25, 0.3) is 11.3 Å². The van der Waals surface area contributed by atoms with Crippen molar-refractivity contribution < 1.29 is 4.42 Å². The lowest BCUT2D eigenvalue weighted by atomic mass is 9.98. The Bertz CT molecular complexity index is 420. The molecule has 2 aromatic rings. The minimum Gasteiger partial charge on any atom is -0.444 e. The molecule has 0 saturated heterocycles. The van der Waals surface area contributed by atoms with E-state index in [1.54, 1.807) is 6.20 Å². The molecule has 0 N–H and O–H groups in total. The number of aryl methyl sites for hydroxylation is 3. The first-order chi connectivity index (χ1) is 6.68. The second kappa shape index (κ2) is 3.29. The van der Waals surface area contributed by atoms with Crippen LogP contribution in [0.3, 0.4) is 0 Å². The van der Waals surface area contributed by atoms with E-state index in [0.29, 0.717) is 0 Å². The van der Waals surface area contributed by atoms with Gasteiger partial charge in [0.2, 0.25) is 0 Å². The molecule has 0 fully saturated rings. The summed E-state index contributed by atoms with van der Waals surface area (Å²) in [5.41, 5.74) is 4.91. The van der Waals surface area contributed by atoms with Gasteiger partial charge in [0, 0.05) is 5.56 Å². The summed E-state index contributed by atoms with van der Waals surface area (Å²) in [5.74, 6) is 0.847. The van der Waals surface area contributed by atoms with Crippen LogP contribution in [-0.2, 0) is 0 Å². The number of aromatic nitrogens is 1. The Hall–Kier alpha value is -1.57. The average molecular weight is 187 g/mol. The summed E-state index contributed by atoms with van der Waals surface area (Å²) in [6.45, 7) is 6.29. The molecule has 14 heavy (non-hydrogen) atoms. The number of benzene rings is 1. The highest BCUT2D eigenvalue weighted by molar-refractivity contribution is 5.66. The third kappa shape index (κ3) is 1.43. The quantitative estimate of drug-likeness (QED) is 0.684. The zero-order valence-electron chi connectivity index (χ0n) is 8.66. The monoisotopic (exact) mass is 187 g/mol. The molecule has 1 aromatic heterocycles. The van der Waals surface area contributed by atoms with Gasteiger partial charge in [0.1, 0.15) is 0 Å². The molecule has 0 atom stereocenters. The van der Waals surface area contributed by atoms with Gasteiger partial charge in [-0.05, 0) is 31.9 Å². The van der Waals surface area contributed by atoms with Gasteiger partial charge in [0.25, 0.3) is 0 Å². The molecule has 72 valence electrons. The van der Waals surface area contributed by atoms with Crippen molar-refractivity contribution in [1.29, 1.82) is 0 Å². The SMILES string of the molecule is Cc1cc(C)c(-c2cnco2)c(C)c1. The fraction of sp³-hybridized carbons (Fsp3) is 0.250. The summed E-state index contributed by atoms with van der Waals surface area (Å²) in [6.07, 6.45) is 3.22. The Morgan fingerprint density at radius 1 is 1.07 bits per heavy atom. The Balaban J connectivity index is 2.64. The van der Waals surface area contributed by atoms with Crippen molar-refractivity contribution in [1.82, 2.24) is 4.98 Å². The Kier molecular flexibility index (Phi) is 2.12. The molecule has 0 bridgehead atoms. The molecule has 0 spiro atoms. The zero-order chi connectivity index (χ0) is 10.1. The molecule has 0 saturated carbocycles. The van der Waals surface area contributed by atoms with Crippen molar-refractivity contribution in [3.05, 3.63) is 41.4 Å². The molecular formula is C12H13NO. The van der Waals surface area contributed by atoms with Crippen LogP contribution in [0, 0.1) is 20.8 Å². The molecule has 2 rings (SSSR count). The van der Waals surface area contributed by atoms with Crippen molar-refractivity contribution in [2.75, 3.05) is 0 Å². The van der Waals surface area contributed by atoms with E-state index in [9.17, 15) is 0 Å². The first-order valence-electron chi connectivity index (χ1n) is 4.65. The van der Waals surface area contributed by atoms with Crippen LogP contribution in [0.4, 0.5) is 0 Å². The van der Waals surface area contributed by atoms with Gasteiger partial charge in [-0.1, -0.05) is 17.7 Å². The lowest BCUT2D eigenvalue weighted by Gasteiger charge is -2.07. The van der Waals surface area contributed by atoms with Gasteiger partial charge in [-0.3, -0.25) is 0 Å². The van der Waals surface area contributed by atoms with Crippen LogP contribution < -0.4 is 0 Å². The van der Waals surface area contributed by atoms with Crippen molar-refractivity contribution in [2.45, 2.75) is 20.8 Å². The van der Waals surface area contributed by atoms with Gasteiger partial charge in [-0.15, -0.1) is 0 Å². The van der Waals surface area contributed by atoms with Gasteiger partial charge in [0.15, 0.2) is 12.2 Å². The second-order valence-electron chi connectivity index (χ2n) is 3.64. The van der Waals surface area contributed by atoms with Crippen molar-refractivity contribution >= 4 is 0 Å². The molecule has 2 nitrogen and oxygen atoms in total. The largest absolute Gasteiger partial charge is 0.444 e. The van der Waals surface area contributed by atoms with Crippen LogP contribution in [0.15, 0.2) is 29.1 Å². The molecule has 1 heterocycles. The summed E-state index contributed by atoms with van der Waals surface area (Å²) in [4.78, 5) is 3.94. The average Bonchev–Trinajstić information content (AvgIpc) is 2.54. The van der Waals surface area contributed by atoms with Crippen LogP contribution in [0.2, 0.25) is 0 Å². The molecule has 0 unspecified atom stereocenters. The lowest BCUT2D eigenvalue weighted by molar-refractivity contribution is 0.571. The van der Waals surface area contributed by atoms with Gasteiger partial charge in [0.05, 0.1) is 6.20 Å². The van der Waals surface area contributed by atoms with Crippen molar-refractivity contribution in [2.24, 2.45) is 0 Å². The fourth-order valence-electron chi connectivity index (χ4n) is 1.91. The van der Waals surface area contributed by atoms with Gasteiger partial charge < -0.3 is 4.42 Å². The summed E-state index contributed by atoms with van der Waals surface area (Å²) >= 11 is 0. The van der Waals surface area contributed by atoms with Crippen molar-refractivity contribution in [3.63, 3.8) is 0 Å². The predicted molar refractivity (Wildman–Crippen MR) is 56.2 cm³/mol. The van der Waals surface area contributed by atoms with Gasteiger partial charge in [-0.2, -0.15) is 0 Å². The standard InChI is InChI=1S/C12H13NO/c1-8-4-9(2)12(10(3)5-8)11-6-13-7-14-11/h4-7H,1-3H3. The highest BCUT2D eigenvalue weighted by Crippen LogP contribution is 2.27. The summed E-state index contributed by atoms with van der Waals surface area (Å²) in [7, 11) is 0. The topological polar surface area (TPSA) is 26.0 Å². The molecule has 1 aromatic carbocycles. The molecule has 0 aliphatic rings. The van der Waals surface area contributed by atoms with E-state index in [1.165, 1.54) is 23.1 Å². The maximum absolute atomic E-state index is 5.31. The van der Waals surface area contributed by atoms with E-state index >= 15 is 0 Å². The van der Waals surface area contributed by atoms with Gasteiger partial charge >= 0.3 is 0 Å². The lowest BCUT2D eigenvalue weighted by Crippen LogP contribution is -1.88. The third-order valence-corrected chi connectivity index (χ3v) is 2.36. The van der Waals surface area contributed by atoms with Crippen LogP contribution in [-0.4, -0.2) is 4.98 Å². The zero-order valence-corrected chi connectivity index (χ0v) is 8.66. The Labute approximate surface area is 83.6 Å². The minimum atomic E-state index is 0.847. The molecule has 0 radical (unpaired) electrons. The normalized spacial score (nSPS) is 10.5. The summed E-state index contributed by atoms with van der Waals surface area (Å²) in [6, 6.07) is 4.32. The van der Waals surface area contributed by atoms with E-state index in [2.05, 4.69) is 37.9 Å². The van der Waals surface area contributed by atoms with E-state index in [0.717, 1.165) is 11.3 Å². The number of rotatable bonds is 1. The third-order valence-electron chi connectivity index (χ3n) is 2.36. The first-order valence-corrected chi connectivity index (χ1v) is 4.65. The van der Waals surface area contributed by atoms with E-state index in [-0.39, 0.29) is 0 Å². The number of hydrogen-bond donors (Lipinski definition) is 0. The van der Waals surface area contributed by atoms with E-state index in [4.69, 9.17) is 4.42 Å². The Morgan fingerprint density at radius 2 is 1.71 bits per heavy atom. The molecule has 0 aliphatic carbocycles. The minimum absolute atomic E-state index is 0.847. The van der Waals surface area contributed by atoms with Crippen LogP contribution in [0.1, 0.15) is 16.7 Å². The van der Waals surface area contributed by atoms with E-state index < -0.39 is 0 Å². The summed E-state index contributed by atoms with van der Waals surface area (Å²) in [5, 5.41) is 0. The molecule has 0 aliphatic heterocycles. The first kappa shape index (κ1) is 9.00. The molecule has 0 amide bonds.